The highest BCUT2D eigenvalue weighted by molar-refractivity contribution is 9.14. The van der Waals surface area contributed by atoms with Crippen LogP contribution in [0.25, 0.3) is 18.2 Å². The van der Waals surface area contributed by atoms with Crippen LogP contribution in [0.15, 0.2) is 44.0 Å². The van der Waals surface area contributed by atoms with E-state index in [0.717, 1.165) is 51.8 Å². The number of rotatable bonds is 13. The Morgan fingerprint density at radius 1 is 1.00 bits per heavy atom. The molecule has 0 bridgehead atoms. The summed E-state index contributed by atoms with van der Waals surface area (Å²) in [6.07, 6.45) is 16.9. The fourth-order valence-electron chi connectivity index (χ4n) is 3.91. The third kappa shape index (κ3) is 9.79. The Kier molecular flexibility index (Phi) is 12.0. The maximum absolute atomic E-state index is 6.39. The summed E-state index contributed by atoms with van der Waals surface area (Å²) in [6.45, 7) is 7.66. The Hall–Kier alpha value is -0.950. The molecule has 35 heavy (non-hydrogen) atoms. The lowest BCUT2D eigenvalue weighted by molar-refractivity contribution is 0.275. The highest BCUT2D eigenvalue weighted by Crippen LogP contribution is 2.38. The van der Waals surface area contributed by atoms with Gasteiger partial charge in [-0.2, -0.15) is 0 Å². The van der Waals surface area contributed by atoms with Crippen molar-refractivity contribution in [3.8, 4) is 11.5 Å². The lowest BCUT2D eigenvalue weighted by atomic mass is 9.98. The zero-order chi connectivity index (χ0) is 25.2. The molecule has 0 spiro atoms. The molecule has 1 aromatic heterocycles. The van der Waals surface area contributed by atoms with Gasteiger partial charge in [-0.15, -0.1) is 23.1 Å². The van der Waals surface area contributed by atoms with E-state index in [1.807, 2.05) is 11.8 Å². The number of benzene rings is 1. The second kappa shape index (κ2) is 14.7. The van der Waals surface area contributed by atoms with Gasteiger partial charge in [-0.3, -0.25) is 0 Å². The van der Waals surface area contributed by atoms with Gasteiger partial charge in [0.25, 0.3) is 0 Å². The molecule has 0 saturated heterocycles. The first-order valence-corrected chi connectivity index (χ1v) is 15.6. The van der Waals surface area contributed by atoms with Gasteiger partial charge in [0.1, 0.15) is 11.5 Å². The van der Waals surface area contributed by atoms with Crippen molar-refractivity contribution in [2.75, 3.05) is 13.7 Å². The summed E-state index contributed by atoms with van der Waals surface area (Å²) >= 11 is 10.7. The molecule has 2 heterocycles. The summed E-state index contributed by atoms with van der Waals surface area (Å²) in [5.74, 6) is 3.21. The fraction of sp³-hybridized carbons (Fsp3) is 0.448. The maximum atomic E-state index is 6.39. The smallest absolute Gasteiger partial charge is 0.127 e. The predicted octanol–water partition coefficient (Wildman–Crippen LogP) is 10.7. The molecule has 0 saturated carbocycles. The molecule has 1 aromatic carbocycles. The summed E-state index contributed by atoms with van der Waals surface area (Å²) in [4.78, 5) is 1.20. The van der Waals surface area contributed by atoms with E-state index in [4.69, 9.17) is 9.47 Å². The van der Waals surface area contributed by atoms with E-state index < -0.39 is 0 Å². The number of methoxy groups -OCH3 is 1. The largest absolute Gasteiger partial charge is 0.496 e. The molecule has 190 valence electrons. The van der Waals surface area contributed by atoms with Crippen molar-refractivity contribution in [1.29, 1.82) is 0 Å². The average Bonchev–Trinajstić information content (AvgIpc) is 3.43. The van der Waals surface area contributed by atoms with Crippen LogP contribution < -0.4 is 9.47 Å². The first-order valence-electron chi connectivity index (χ1n) is 12.3. The van der Waals surface area contributed by atoms with Crippen molar-refractivity contribution in [2.24, 2.45) is 11.8 Å². The van der Waals surface area contributed by atoms with Crippen molar-refractivity contribution in [3.63, 3.8) is 0 Å². The topological polar surface area (TPSA) is 18.5 Å². The third-order valence-electron chi connectivity index (χ3n) is 5.99. The summed E-state index contributed by atoms with van der Waals surface area (Å²) in [5.41, 5.74) is 2.09. The van der Waals surface area contributed by atoms with Gasteiger partial charge >= 0.3 is 0 Å². The highest BCUT2D eigenvalue weighted by Gasteiger charge is 2.14. The lowest BCUT2D eigenvalue weighted by Crippen LogP contribution is -2.06. The van der Waals surface area contributed by atoms with E-state index in [9.17, 15) is 0 Å². The van der Waals surface area contributed by atoms with Crippen LogP contribution in [0.5, 0.6) is 11.5 Å². The standard InChI is InChI=1S/C29H36Br2O2S2/c1-20(2)6-5-7-21(3)16-17-33-27-19-22(8-10-24-12-14-28(30)34-24)26(32-4)18-23(27)9-11-25-13-15-29(31)35-25/h8-11,13-15,18-21,24H,5-7,12,16-17H2,1-4H3/b10-8+,11-9+. The minimum absolute atomic E-state index is 0.446. The van der Waals surface area contributed by atoms with E-state index >= 15 is 0 Å². The van der Waals surface area contributed by atoms with E-state index in [1.165, 1.54) is 28.0 Å². The molecule has 3 rings (SSSR count). The summed E-state index contributed by atoms with van der Waals surface area (Å²) in [6, 6.07) is 8.41. The first kappa shape index (κ1) is 28.6. The van der Waals surface area contributed by atoms with Crippen LogP contribution >= 0.6 is 55.0 Å². The van der Waals surface area contributed by atoms with Gasteiger partial charge in [-0.05, 0) is 93.0 Å². The molecular formula is C29H36Br2O2S2. The van der Waals surface area contributed by atoms with Crippen LogP contribution in [0.3, 0.4) is 0 Å². The number of hydrogen-bond acceptors (Lipinski definition) is 4. The number of hydrogen-bond donors (Lipinski definition) is 0. The van der Waals surface area contributed by atoms with Gasteiger partial charge in [0.2, 0.25) is 0 Å². The molecule has 2 atom stereocenters. The van der Waals surface area contributed by atoms with E-state index in [1.54, 1.807) is 18.4 Å². The first-order chi connectivity index (χ1) is 16.8. The normalized spacial score (nSPS) is 17.0. The van der Waals surface area contributed by atoms with Crippen LogP contribution in [0.2, 0.25) is 0 Å². The van der Waals surface area contributed by atoms with Crippen LogP contribution in [0.4, 0.5) is 0 Å². The Morgan fingerprint density at radius 2 is 1.77 bits per heavy atom. The van der Waals surface area contributed by atoms with Gasteiger partial charge in [0.15, 0.2) is 0 Å². The van der Waals surface area contributed by atoms with Crippen LogP contribution in [-0.4, -0.2) is 19.0 Å². The number of thioether (sulfide) groups is 1. The molecule has 2 nitrogen and oxygen atoms in total. The SMILES string of the molecule is COc1cc(/C=C/c2ccc(Br)s2)c(OCCC(C)CCCC(C)C)cc1/C=C/C1CC=C(Br)S1. The quantitative estimate of drug-likeness (QED) is 0.217. The molecule has 6 heteroatoms. The zero-order valence-corrected chi connectivity index (χ0v) is 25.9. The van der Waals surface area contributed by atoms with Gasteiger partial charge in [0.05, 0.1) is 17.5 Å². The van der Waals surface area contributed by atoms with Gasteiger partial charge in [0, 0.05) is 25.1 Å². The Labute approximate surface area is 236 Å². The minimum atomic E-state index is 0.446. The molecular weight excluding hydrogens is 604 g/mol. The molecule has 2 unspecified atom stereocenters. The predicted molar refractivity (Wildman–Crippen MR) is 164 cm³/mol. The molecule has 0 radical (unpaired) electrons. The number of thiophene rings is 1. The van der Waals surface area contributed by atoms with E-state index in [0.29, 0.717) is 11.2 Å². The highest BCUT2D eigenvalue weighted by atomic mass is 79.9. The van der Waals surface area contributed by atoms with Gasteiger partial charge in [-0.1, -0.05) is 58.3 Å². The molecule has 0 fully saturated rings. The molecule has 0 aliphatic carbocycles. The second-order valence-electron chi connectivity index (χ2n) is 9.43. The Morgan fingerprint density at radius 3 is 2.43 bits per heavy atom. The van der Waals surface area contributed by atoms with Crippen molar-refractivity contribution in [1.82, 2.24) is 0 Å². The minimum Gasteiger partial charge on any atom is -0.496 e. The van der Waals surface area contributed by atoms with Gasteiger partial charge < -0.3 is 9.47 Å². The van der Waals surface area contributed by atoms with Crippen molar-refractivity contribution >= 4 is 73.2 Å². The monoisotopic (exact) mass is 638 g/mol. The maximum Gasteiger partial charge on any atom is 0.127 e. The third-order valence-corrected chi connectivity index (χ3v) is 9.51. The number of ether oxygens (including phenoxy) is 2. The van der Waals surface area contributed by atoms with Crippen molar-refractivity contribution < 1.29 is 9.47 Å². The zero-order valence-electron chi connectivity index (χ0n) is 21.1. The van der Waals surface area contributed by atoms with E-state index in [2.05, 4.69) is 107 Å². The molecule has 0 N–H and O–H groups in total. The second-order valence-corrected chi connectivity index (χ2v) is 14.6. The molecule has 0 amide bonds. The summed E-state index contributed by atoms with van der Waals surface area (Å²) in [5, 5.41) is 0.446. The number of halogens is 2. The molecule has 1 aliphatic heterocycles. The van der Waals surface area contributed by atoms with Gasteiger partial charge in [-0.25, -0.2) is 0 Å². The summed E-state index contributed by atoms with van der Waals surface area (Å²) in [7, 11) is 1.73. The molecule has 1 aliphatic rings. The Balaban J connectivity index is 1.75. The fourth-order valence-corrected chi connectivity index (χ4v) is 6.98. The van der Waals surface area contributed by atoms with Crippen molar-refractivity contribution in [3.05, 3.63) is 60.0 Å². The average molecular weight is 641 g/mol. The molecule has 2 aromatic rings. The van der Waals surface area contributed by atoms with Crippen LogP contribution in [-0.2, 0) is 0 Å². The summed E-state index contributed by atoms with van der Waals surface area (Å²) < 4.78 is 14.5. The van der Waals surface area contributed by atoms with E-state index in [-0.39, 0.29) is 0 Å². The van der Waals surface area contributed by atoms with Crippen molar-refractivity contribution in [2.45, 2.75) is 58.1 Å². The van der Waals surface area contributed by atoms with Crippen LogP contribution in [0, 0.1) is 11.8 Å². The Bertz CT molecular complexity index is 1040. The van der Waals surface area contributed by atoms with Crippen LogP contribution in [0.1, 0.15) is 68.9 Å². The number of allylic oxidation sites excluding steroid dienone is 1. The lowest BCUT2D eigenvalue weighted by Gasteiger charge is -2.16.